The van der Waals surface area contributed by atoms with Crippen LogP contribution in [0.4, 0.5) is 0 Å². The number of carbonyl (C=O) groups is 1. The predicted molar refractivity (Wildman–Crippen MR) is 128 cm³/mol. The van der Waals surface area contributed by atoms with E-state index >= 15 is 0 Å². The van der Waals surface area contributed by atoms with Gasteiger partial charge in [0.1, 0.15) is 24.9 Å². The Morgan fingerprint density at radius 3 is 2.53 bits per heavy atom. The molecule has 4 aliphatic carbocycles. The number of fused-ring (bicyclic) bond motifs is 5. The number of hydrogen-bond acceptors (Lipinski definition) is 8. The largest absolute Gasteiger partial charge is 0.458 e. The van der Waals surface area contributed by atoms with Gasteiger partial charge in [-0.15, -0.1) is 0 Å². The fourth-order valence-corrected chi connectivity index (χ4v) is 9.58. The van der Waals surface area contributed by atoms with Crippen LogP contribution in [-0.2, 0) is 19.0 Å². The second-order valence-corrected chi connectivity index (χ2v) is 13.1. The molecule has 4 saturated carbocycles. The summed E-state index contributed by atoms with van der Waals surface area (Å²) in [6.07, 6.45) is 5.63. The molecule has 36 heavy (non-hydrogen) atoms. The van der Waals surface area contributed by atoms with Gasteiger partial charge in [0.15, 0.2) is 6.29 Å². The van der Waals surface area contributed by atoms with Crippen LogP contribution in [0.25, 0.3) is 0 Å². The molecular weight excluding hydrogens is 464 g/mol. The Bertz CT molecular complexity index is 921. The molecule has 8 heteroatoms. The highest BCUT2D eigenvalue weighted by Gasteiger charge is 2.67. The second-order valence-electron chi connectivity index (χ2n) is 13.1. The molecule has 6 aliphatic rings. The molecule has 0 bridgehead atoms. The molecule has 0 amide bonds. The number of cyclic esters (lactones) is 1. The van der Waals surface area contributed by atoms with Gasteiger partial charge >= 0.3 is 5.97 Å². The number of ether oxygens (including phenoxy) is 3. The summed E-state index contributed by atoms with van der Waals surface area (Å²) >= 11 is 0. The molecule has 6 rings (SSSR count). The molecule has 202 valence electrons. The lowest BCUT2D eigenvalue weighted by Gasteiger charge is -2.64. The molecule has 0 spiro atoms. The molecule has 2 aliphatic heterocycles. The van der Waals surface area contributed by atoms with E-state index < -0.39 is 30.2 Å². The maximum atomic E-state index is 12.3. The summed E-state index contributed by atoms with van der Waals surface area (Å²) in [5.74, 6) is 1.15. The van der Waals surface area contributed by atoms with Crippen LogP contribution < -0.4 is 0 Å². The van der Waals surface area contributed by atoms with Gasteiger partial charge in [-0.3, -0.25) is 0 Å². The van der Waals surface area contributed by atoms with Gasteiger partial charge in [-0.25, -0.2) is 4.79 Å². The number of carbonyl (C=O) groups excluding carboxylic acids is 1. The van der Waals surface area contributed by atoms with Crippen LogP contribution in [0.5, 0.6) is 0 Å². The maximum Gasteiger partial charge on any atom is 0.331 e. The maximum absolute atomic E-state index is 12.3. The molecule has 1 saturated heterocycles. The minimum Gasteiger partial charge on any atom is -0.458 e. The van der Waals surface area contributed by atoms with E-state index in [9.17, 15) is 25.2 Å². The molecule has 0 aromatic rings. The quantitative estimate of drug-likeness (QED) is 0.339. The van der Waals surface area contributed by atoms with Crippen molar-refractivity contribution in [3.63, 3.8) is 0 Å². The summed E-state index contributed by atoms with van der Waals surface area (Å²) in [4.78, 5) is 11.8. The van der Waals surface area contributed by atoms with E-state index in [1.165, 1.54) is 0 Å². The van der Waals surface area contributed by atoms with Crippen LogP contribution in [0.2, 0.25) is 0 Å². The molecule has 0 aromatic carbocycles. The molecule has 12 atom stereocenters. The number of esters is 1. The number of aliphatic hydroxyl groups excluding tert-OH is 3. The van der Waals surface area contributed by atoms with Gasteiger partial charge in [0, 0.05) is 11.5 Å². The third-order valence-corrected chi connectivity index (χ3v) is 11.7. The first-order valence-corrected chi connectivity index (χ1v) is 14.0. The highest BCUT2D eigenvalue weighted by atomic mass is 16.7. The number of rotatable bonds is 3. The minimum atomic E-state index is -1.26. The normalized spacial score (nSPS) is 54.8. The van der Waals surface area contributed by atoms with Gasteiger partial charge in [-0.05, 0) is 92.4 Å². The van der Waals surface area contributed by atoms with Crippen LogP contribution >= 0.6 is 0 Å². The molecule has 4 N–H and O–H groups in total. The van der Waals surface area contributed by atoms with Crippen molar-refractivity contribution in [2.45, 2.75) is 108 Å². The Kier molecular flexibility index (Phi) is 6.14. The Balaban J connectivity index is 1.16. The first-order chi connectivity index (χ1) is 17.1. The highest BCUT2D eigenvalue weighted by Crippen LogP contribution is 2.70. The summed E-state index contributed by atoms with van der Waals surface area (Å²) in [5, 5.41) is 42.4. The van der Waals surface area contributed by atoms with Crippen LogP contribution in [0.3, 0.4) is 0 Å². The van der Waals surface area contributed by atoms with Crippen molar-refractivity contribution in [1.29, 1.82) is 0 Å². The Labute approximate surface area is 213 Å². The van der Waals surface area contributed by atoms with Crippen molar-refractivity contribution in [2.24, 2.45) is 34.5 Å². The molecule has 0 aromatic heterocycles. The Hall–Kier alpha value is -1.03. The summed E-state index contributed by atoms with van der Waals surface area (Å²) in [6, 6.07) is 0. The van der Waals surface area contributed by atoms with E-state index in [2.05, 4.69) is 13.8 Å². The molecule has 8 nitrogen and oxygen atoms in total. The Morgan fingerprint density at radius 2 is 1.78 bits per heavy atom. The highest BCUT2D eigenvalue weighted by molar-refractivity contribution is 5.85. The zero-order valence-corrected chi connectivity index (χ0v) is 21.5. The van der Waals surface area contributed by atoms with Crippen LogP contribution in [0.15, 0.2) is 11.6 Å². The van der Waals surface area contributed by atoms with Gasteiger partial charge < -0.3 is 34.6 Å². The van der Waals surface area contributed by atoms with Crippen molar-refractivity contribution >= 4 is 5.97 Å². The summed E-state index contributed by atoms with van der Waals surface area (Å²) in [6.45, 7) is 5.00. The van der Waals surface area contributed by atoms with E-state index in [4.69, 9.17) is 14.2 Å². The summed E-state index contributed by atoms with van der Waals surface area (Å²) in [7, 11) is 0. The van der Waals surface area contributed by atoms with Crippen molar-refractivity contribution < 1.29 is 39.4 Å². The Morgan fingerprint density at radius 1 is 0.972 bits per heavy atom. The zero-order valence-electron chi connectivity index (χ0n) is 21.5. The monoisotopic (exact) mass is 506 g/mol. The standard InChI is InChI=1S/C28H42O8/c1-26-8-5-17(36-25-24(32)23(31)21(29)14-35-25)12-16(26)3-4-20-19(26)6-9-27(2)18(7-10-28(20,27)33)15-11-22(30)34-13-15/h11,16-21,23-25,29,31-33H,3-10,12-14H2,1-2H3/t16-,17+,18-,19+,20-,21-,23-,24+,25-,26+,27-,28+/m1/s1. The second kappa shape index (κ2) is 8.75. The van der Waals surface area contributed by atoms with Crippen LogP contribution in [0, 0.1) is 34.5 Å². The van der Waals surface area contributed by atoms with Gasteiger partial charge in [0.05, 0.1) is 18.3 Å². The lowest BCUT2D eigenvalue weighted by atomic mass is 9.43. The topological polar surface area (TPSA) is 126 Å². The predicted octanol–water partition coefficient (Wildman–Crippen LogP) is 2.07. The molecule has 0 radical (unpaired) electrons. The molecule has 2 heterocycles. The van der Waals surface area contributed by atoms with Crippen molar-refractivity contribution in [3.8, 4) is 0 Å². The van der Waals surface area contributed by atoms with E-state index in [1.54, 1.807) is 6.08 Å². The van der Waals surface area contributed by atoms with Crippen LogP contribution in [0.1, 0.15) is 71.6 Å². The third kappa shape index (κ3) is 3.58. The fourth-order valence-electron chi connectivity index (χ4n) is 9.58. The first-order valence-electron chi connectivity index (χ1n) is 14.0. The lowest BCUT2D eigenvalue weighted by Crippen LogP contribution is -2.62. The summed E-state index contributed by atoms with van der Waals surface area (Å²) in [5.41, 5.74) is 0.257. The third-order valence-electron chi connectivity index (χ3n) is 11.7. The lowest BCUT2D eigenvalue weighted by molar-refractivity contribution is -0.290. The van der Waals surface area contributed by atoms with E-state index in [0.717, 1.165) is 63.4 Å². The zero-order chi connectivity index (χ0) is 25.5. The summed E-state index contributed by atoms with van der Waals surface area (Å²) < 4.78 is 16.9. The minimum absolute atomic E-state index is 0.0456. The molecule has 0 unspecified atom stereocenters. The van der Waals surface area contributed by atoms with Crippen molar-refractivity contribution in [3.05, 3.63) is 11.6 Å². The number of aliphatic hydroxyl groups is 4. The van der Waals surface area contributed by atoms with Gasteiger partial charge in [-0.1, -0.05) is 13.8 Å². The SMILES string of the molecule is C[C@]12CC[C@H](O[C@H]3OC[C@@H](O)[C@@H](O)[C@@H]3O)C[C@H]1CC[C@@H]1[C@@H]2CC[C@]2(C)[C@@H](C3=CC(=O)OC3)CC[C@]12O. The van der Waals surface area contributed by atoms with Crippen LogP contribution in [-0.4, -0.2) is 75.9 Å². The van der Waals surface area contributed by atoms with Gasteiger partial charge in [0.2, 0.25) is 0 Å². The van der Waals surface area contributed by atoms with E-state index in [1.807, 2.05) is 0 Å². The smallest absolute Gasteiger partial charge is 0.331 e. The molecular formula is C28H42O8. The van der Waals surface area contributed by atoms with Gasteiger partial charge in [0.25, 0.3) is 0 Å². The average Bonchev–Trinajstić information content (AvgIpc) is 3.39. The van der Waals surface area contributed by atoms with E-state index in [-0.39, 0.29) is 41.3 Å². The first kappa shape index (κ1) is 25.3. The van der Waals surface area contributed by atoms with Crippen molar-refractivity contribution in [2.75, 3.05) is 13.2 Å². The van der Waals surface area contributed by atoms with Crippen molar-refractivity contribution in [1.82, 2.24) is 0 Å². The average molecular weight is 507 g/mol. The molecule has 5 fully saturated rings. The number of hydrogen-bond donors (Lipinski definition) is 4. The van der Waals surface area contributed by atoms with Gasteiger partial charge in [-0.2, -0.15) is 0 Å². The fraction of sp³-hybridized carbons (Fsp3) is 0.893. The van der Waals surface area contributed by atoms with E-state index in [0.29, 0.717) is 18.4 Å².